The van der Waals surface area contributed by atoms with E-state index in [1.807, 2.05) is 0 Å². The average molecular weight is 232 g/mol. The second kappa shape index (κ2) is 3.93. The highest BCUT2D eigenvalue weighted by Crippen LogP contribution is 2.29. The van der Waals surface area contributed by atoms with Crippen LogP contribution >= 0.6 is 0 Å². The van der Waals surface area contributed by atoms with E-state index in [1.54, 1.807) is 0 Å². The first-order valence-electron chi connectivity index (χ1n) is 3.98. The molecule has 2 N–H and O–H groups in total. The zero-order valence-corrected chi connectivity index (χ0v) is 9.46. The van der Waals surface area contributed by atoms with E-state index < -0.39 is 9.84 Å². The zero-order chi connectivity index (χ0) is 11.6. The standard InChI is InChI=1S/C8H12N2O4S/c1-13-7-5(9)4-6(15(3,11)12)8(10-7)14-2/h4H,9H2,1-3H3. The summed E-state index contributed by atoms with van der Waals surface area (Å²) in [4.78, 5) is 3.77. The summed E-state index contributed by atoms with van der Waals surface area (Å²) in [5, 5.41) is 0. The van der Waals surface area contributed by atoms with Gasteiger partial charge in [0, 0.05) is 6.26 Å². The molecule has 0 saturated heterocycles. The molecule has 0 aromatic carbocycles. The highest BCUT2D eigenvalue weighted by molar-refractivity contribution is 7.90. The van der Waals surface area contributed by atoms with Crippen LogP contribution < -0.4 is 15.2 Å². The normalized spacial score (nSPS) is 11.1. The minimum atomic E-state index is -3.42. The number of rotatable bonds is 3. The molecule has 0 aliphatic carbocycles. The first-order valence-corrected chi connectivity index (χ1v) is 5.88. The van der Waals surface area contributed by atoms with Crippen LogP contribution in [0.3, 0.4) is 0 Å². The molecule has 0 spiro atoms. The van der Waals surface area contributed by atoms with Crippen molar-refractivity contribution in [1.29, 1.82) is 0 Å². The molecular formula is C8H12N2O4S. The van der Waals surface area contributed by atoms with Crippen molar-refractivity contribution in [3.8, 4) is 11.8 Å². The van der Waals surface area contributed by atoms with Gasteiger partial charge in [-0.2, -0.15) is 4.98 Å². The number of hydrogen-bond donors (Lipinski definition) is 1. The summed E-state index contributed by atoms with van der Waals surface area (Å²) >= 11 is 0. The SMILES string of the molecule is COc1nc(OC)c(S(C)(=O)=O)cc1N. The maximum absolute atomic E-state index is 11.3. The van der Waals surface area contributed by atoms with Crippen molar-refractivity contribution in [2.24, 2.45) is 0 Å². The number of nitrogens with zero attached hydrogens (tertiary/aromatic N) is 1. The number of sulfone groups is 1. The van der Waals surface area contributed by atoms with Crippen LogP contribution in [0.25, 0.3) is 0 Å². The second-order valence-electron chi connectivity index (χ2n) is 2.87. The molecule has 1 heterocycles. The lowest BCUT2D eigenvalue weighted by molar-refractivity contribution is 0.357. The van der Waals surface area contributed by atoms with Crippen molar-refractivity contribution in [1.82, 2.24) is 4.98 Å². The molecule has 1 aromatic rings. The zero-order valence-electron chi connectivity index (χ0n) is 8.64. The molecule has 0 unspecified atom stereocenters. The Kier molecular flexibility index (Phi) is 3.04. The molecule has 0 radical (unpaired) electrons. The molecule has 0 bridgehead atoms. The van der Waals surface area contributed by atoms with Gasteiger partial charge in [-0.25, -0.2) is 8.42 Å². The second-order valence-corrected chi connectivity index (χ2v) is 4.85. The smallest absolute Gasteiger partial charge is 0.240 e. The number of ether oxygens (including phenoxy) is 2. The Morgan fingerprint density at radius 1 is 1.27 bits per heavy atom. The van der Waals surface area contributed by atoms with Crippen molar-refractivity contribution < 1.29 is 17.9 Å². The fourth-order valence-corrected chi connectivity index (χ4v) is 1.84. The quantitative estimate of drug-likeness (QED) is 0.793. The van der Waals surface area contributed by atoms with E-state index in [0.717, 1.165) is 6.26 Å². The van der Waals surface area contributed by atoms with Crippen LogP contribution in [0.4, 0.5) is 5.69 Å². The summed E-state index contributed by atoms with van der Waals surface area (Å²) in [6.07, 6.45) is 1.05. The predicted octanol–water partition coefficient (Wildman–Crippen LogP) is 0.0845. The molecule has 0 aliphatic heterocycles. The van der Waals surface area contributed by atoms with Gasteiger partial charge in [0.05, 0.1) is 19.9 Å². The van der Waals surface area contributed by atoms with Crippen LogP contribution in [-0.4, -0.2) is 33.9 Å². The van der Waals surface area contributed by atoms with Gasteiger partial charge in [-0.1, -0.05) is 0 Å². The van der Waals surface area contributed by atoms with E-state index in [0.29, 0.717) is 0 Å². The molecule has 7 heteroatoms. The van der Waals surface area contributed by atoms with Crippen LogP contribution in [0.15, 0.2) is 11.0 Å². The van der Waals surface area contributed by atoms with Gasteiger partial charge in [0.15, 0.2) is 9.84 Å². The van der Waals surface area contributed by atoms with Crippen molar-refractivity contribution in [3.05, 3.63) is 6.07 Å². The summed E-state index contributed by atoms with van der Waals surface area (Å²) in [6, 6.07) is 1.26. The highest BCUT2D eigenvalue weighted by Gasteiger charge is 2.18. The number of pyridine rings is 1. The third kappa shape index (κ3) is 2.30. The molecule has 84 valence electrons. The average Bonchev–Trinajstić information content (AvgIpc) is 2.16. The summed E-state index contributed by atoms with van der Waals surface area (Å²) in [5.41, 5.74) is 5.70. The summed E-state index contributed by atoms with van der Waals surface area (Å²) in [6.45, 7) is 0. The van der Waals surface area contributed by atoms with E-state index in [9.17, 15) is 8.42 Å². The molecule has 15 heavy (non-hydrogen) atoms. The van der Waals surface area contributed by atoms with E-state index in [4.69, 9.17) is 15.2 Å². The van der Waals surface area contributed by atoms with Crippen LogP contribution in [-0.2, 0) is 9.84 Å². The van der Waals surface area contributed by atoms with Gasteiger partial charge in [-0.3, -0.25) is 0 Å². The first kappa shape index (κ1) is 11.6. The molecular weight excluding hydrogens is 220 g/mol. The Balaban J connectivity index is 3.48. The minimum absolute atomic E-state index is 0.0245. The van der Waals surface area contributed by atoms with Crippen LogP contribution in [0.2, 0.25) is 0 Å². The van der Waals surface area contributed by atoms with Gasteiger partial charge >= 0.3 is 0 Å². The Hall–Kier alpha value is -1.50. The molecule has 0 aliphatic rings. The maximum atomic E-state index is 11.3. The Morgan fingerprint density at radius 2 is 1.80 bits per heavy atom. The third-order valence-electron chi connectivity index (χ3n) is 1.73. The number of nitrogens with two attached hydrogens (primary N) is 1. The fourth-order valence-electron chi connectivity index (χ4n) is 1.05. The van der Waals surface area contributed by atoms with Crippen LogP contribution in [0.5, 0.6) is 11.8 Å². The number of aromatic nitrogens is 1. The monoisotopic (exact) mass is 232 g/mol. The number of methoxy groups -OCH3 is 2. The van der Waals surface area contributed by atoms with E-state index in [1.165, 1.54) is 20.3 Å². The number of anilines is 1. The van der Waals surface area contributed by atoms with Gasteiger partial charge < -0.3 is 15.2 Å². The summed E-state index contributed by atoms with van der Waals surface area (Å²) < 4.78 is 32.4. The summed E-state index contributed by atoms with van der Waals surface area (Å²) in [7, 11) is -0.703. The number of nitrogen functional groups attached to an aromatic ring is 1. The molecule has 0 amide bonds. The van der Waals surface area contributed by atoms with E-state index in [-0.39, 0.29) is 22.3 Å². The number of hydrogen-bond acceptors (Lipinski definition) is 6. The topological polar surface area (TPSA) is 91.5 Å². The van der Waals surface area contributed by atoms with Crippen molar-refractivity contribution in [3.63, 3.8) is 0 Å². The lowest BCUT2D eigenvalue weighted by Crippen LogP contribution is -2.06. The Labute approximate surface area is 87.9 Å². The largest absolute Gasteiger partial charge is 0.480 e. The van der Waals surface area contributed by atoms with E-state index in [2.05, 4.69) is 4.98 Å². The molecule has 6 nitrogen and oxygen atoms in total. The van der Waals surface area contributed by atoms with Gasteiger partial charge in [-0.15, -0.1) is 0 Å². The highest BCUT2D eigenvalue weighted by atomic mass is 32.2. The fraction of sp³-hybridized carbons (Fsp3) is 0.375. The van der Waals surface area contributed by atoms with Gasteiger partial charge in [0.2, 0.25) is 11.8 Å². The lowest BCUT2D eigenvalue weighted by Gasteiger charge is -2.09. The third-order valence-corrected chi connectivity index (χ3v) is 2.83. The van der Waals surface area contributed by atoms with Crippen molar-refractivity contribution in [2.75, 3.05) is 26.2 Å². The van der Waals surface area contributed by atoms with Crippen molar-refractivity contribution in [2.45, 2.75) is 4.90 Å². The van der Waals surface area contributed by atoms with Crippen molar-refractivity contribution >= 4 is 15.5 Å². The maximum Gasteiger partial charge on any atom is 0.240 e. The molecule has 0 atom stereocenters. The lowest BCUT2D eigenvalue weighted by atomic mass is 10.4. The van der Waals surface area contributed by atoms with E-state index >= 15 is 0 Å². The molecule has 0 fully saturated rings. The van der Waals surface area contributed by atoms with Gasteiger partial charge in [0.25, 0.3) is 0 Å². The first-order chi connectivity index (χ1) is 6.90. The Morgan fingerprint density at radius 3 is 2.20 bits per heavy atom. The minimum Gasteiger partial charge on any atom is -0.480 e. The van der Waals surface area contributed by atoms with Crippen LogP contribution in [0, 0.1) is 0 Å². The van der Waals surface area contributed by atoms with Gasteiger partial charge in [0.1, 0.15) is 4.90 Å². The molecule has 0 saturated carbocycles. The predicted molar refractivity (Wildman–Crippen MR) is 54.9 cm³/mol. The molecule has 1 aromatic heterocycles. The molecule has 1 rings (SSSR count). The van der Waals surface area contributed by atoms with Gasteiger partial charge in [-0.05, 0) is 6.07 Å². The summed E-state index contributed by atoms with van der Waals surface area (Å²) in [5.74, 6) is 0.114. The Bertz CT molecular complexity index is 470. The van der Waals surface area contributed by atoms with Crippen LogP contribution in [0.1, 0.15) is 0 Å².